The fourth-order valence-electron chi connectivity index (χ4n) is 12.3. The van der Waals surface area contributed by atoms with Gasteiger partial charge in [-0.15, -0.1) is 0 Å². The molecule has 2 aromatic heterocycles. The van der Waals surface area contributed by atoms with Crippen LogP contribution in [0.25, 0.3) is 33.6 Å². The van der Waals surface area contributed by atoms with Crippen LogP contribution in [-0.4, -0.2) is 118 Å². The first-order valence-corrected chi connectivity index (χ1v) is 27.0. The van der Waals surface area contributed by atoms with Gasteiger partial charge in [-0.2, -0.15) is 0 Å². The summed E-state index contributed by atoms with van der Waals surface area (Å²) in [6.07, 6.45) is 13.1. The molecule has 4 N–H and O–H groups in total. The van der Waals surface area contributed by atoms with Crippen molar-refractivity contribution in [3.8, 4) is 33.6 Å². The molecule has 394 valence electrons. The molecule has 73 heavy (non-hydrogen) atoms. The molecule has 10 atom stereocenters. The molecular formula is C57H78N8O8. The van der Waals surface area contributed by atoms with Gasteiger partial charge in [-0.1, -0.05) is 81.1 Å². The second-order valence-electron chi connectivity index (χ2n) is 22.4. The van der Waals surface area contributed by atoms with Gasteiger partial charge in [0.25, 0.3) is 0 Å². The molecule has 3 aliphatic heterocycles. The number of methoxy groups -OCH3 is 2. The van der Waals surface area contributed by atoms with Crippen LogP contribution < -0.4 is 10.6 Å². The lowest BCUT2D eigenvalue weighted by Crippen LogP contribution is -2.55. The van der Waals surface area contributed by atoms with Crippen molar-refractivity contribution in [2.24, 2.45) is 35.5 Å². The number of benzene rings is 2. The van der Waals surface area contributed by atoms with Crippen LogP contribution in [0.5, 0.6) is 0 Å². The minimum Gasteiger partial charge on any atom is -0.453 e. The van der Waals surface area contributed by atoms with E-state index in [1.165, 1.54) is 39.9 Å². The number of amides is 4. The number of likely N-dealkylation sites (tertiary alicyclic amines) is 1. The molecule has 9 rings (SSSR count). The first-order chi connectivity index (χ1) is 35.1. The second kappa shape index (κ2) is 22.8. The van der Waals surface area contributed by atoms with Crippen LogP contribution in [0.3, 0.4) is 0 Å². The maximum absolute atomic E-state index is 14.8. The van der Waals surface area contributed by atoms with Gasteiger partial charge < -0.3 is 49.3 Å². The van der Waals surface area contributed by atoms with E-state index in [1.54, 1.807) is 0 Å². The van der Waals surface area contributed by atoms with Crippen molar-refractivity contribution in [2.45, 2.75) is 161 Å². The van der Waals surface area contributed by atoms with Crippen LogP contribution in [0.4, 0.5) is 9.59 Å². The highest BCUT2D eigenvalue weighted by Crippen LogP contribution is 2.44. The minimum atomic E-state index is -0.762. The lowest BCUT2D eigenvalue weighted by molar-refractivity contribution is -0.141. The smallest absolute Gasteiger partial charge is 0.407 e. The van der Waals surface area contributed by atoms with Gasteiger partial charge in [-0.05, 0) is 126 Å². The van der Waals surface area contributed by atoms with Crippen LogP contribution in [0.2, 0.25) is 0 Å². The van der Waals surface area contributed by atoms with E-state index >= 15 is 0 Å². The molecule has 5 heterocycles. The van der Waals surface area contributed by atoms with Crippen LogP contribution in [0.15, 0.2) is 60.9 Å². The first-order valence-electron chi connectivity index (χ1n) is 27.0. The third-order valence-corrected chi connectivity index (χ3v) is 16.2. The Hall–Kier alpha value is -5.74. The molecule has 0 bridgehead atoms. The number of H-pyrrole nitrogens is 2. The van der Waals surface area contributed by atoms with Gasteiger partial charge in [0.2, 0.25) is 11.8 Å². The van der Waals surface area contributed by atoms with E-state index in [1.807, 2.05) is 56.8 Å². The summed E-state index contributed by atoms with van der Waals surface area (Å²) in [5.41, 5.74) is 5.58. The molecular weight excluding hydrogens is 925 g/mol. The number of rotatable bonds is 18. The van der Waals surface area contributed by atoms with Gasteiger partial charge in [-0.3, -0.25) is 9.59 Å². The Kier molecular flexibility index (Phi) is 16.3. The molecule has 0 unspecified atom stereocenters. The van der Waals surface area contributed by atoms with Gasteiger partial charge in [-0.25, -0.2) is 19.6 Å². The molecule has 0 spiro atoms. The molecule has 2 saturated carbocycles. The first kappa shape index (κ1) is 52.1. The summed E-state index contributed by atoms with van der Waals surface area (Å²) in [6.45, 7) is 13.5. The normalized spacial score (nSPS) is 26.8. The number of imidazole rings is 2. The van der Waals surface area contributed by atoms with Gasteiger partial charge in [0.1, 0.15) is 23.7 Å². The van der Waals surface area contributed by atoms with E-state index in [0.717, 1.165) is 64.6 Å². The molecule has 5 fully saturated rings. The van der Waals surface area contributed by atoms with Gasteiger partial charge in [0.15, 0.2) is 0 Å². The zero-order valence-electron chi connectivity index (χ0n) is 44.1. The van der Waals surface area contributed by atoms with Crippen molar-refractivity contribution in [3.63, 3.8) is 0 Å². The fraction of sp³-hybridized carbons (Fsp3) is 0.614. The average molecular weight is 1000 g/mol. The molecule has 16 nitrogen and oxygen atoms in total. The number of nitrogens with zero attached hydrogens (tertiary/aromatic N) is 4. The summed E-state index contributed by atoms with van der Waals surface area (Å²) in [4.78, 5) is 75.8. The Morgan fingerprint density at radius 2 is 1.16 bits per heavy atom. The van der Waals surface area contributed by atoms with E-state index in [0.29, 0.717) is 56.4 Å². The number of hydrogen-bond acceptors (Lipinski definition) is 10. The van der Waals surface area contributed by atoms with Crippen molar-refractivity contribution in [2.75, 3.05) is 27.3 Å². The van der Waals surface area contributed by atoms with Gasteiger partial charge in [0, 0.05) is 36.6 Å². The zero-order chi connectivity index (χ0) is 51.5. The molecule has 5 aliphatic rings. The van der Waals surface area contributed by atoms with Gasteiger partial charge >= 0.3 is 12.2 Å². The Labute approximate surface area is 430 Å². The van der Waals surface area contributed by atoms with Crippen LogP contribution in [0, 0.1) is 35.5 Å². The maximum Gasteiger partial charge on any atom is 0.407 e. The standard InChI is InChI=1S/C57H78N8O8/c1-32(21-38-9-10-38)30-64(54(66)50(62-56(68)70-7)45-22-33(2)72-34(3)23-45)37(6)52-58-28-47(60-52)43-17-13-41(14-18-43)42-15-19-44(20-16-42)48-29-59-53(61-48)49-27-40(26-39-11-12-39)31-65(49)55(67)51(63-57(69)71-8)46-24-35(4)73-36(5)25-46/h13-20,28-29,32-40,45-46,49-51H,9-12,21-27,30-31H2,1-8H3,(H,58,60)(H,59,61)(H,62,68)(H,63,69)/t32-,33+,34+,35+,36+,37-,40+,49-,50-,51-/m0/s1. The predicted octanol–water partition coefficient (Wildman–Crippen LogP) is 10.0. The van der Waals surface area contributed by atoms with Crippen LogP contribution in [-0.2, 0) is 28.5 Å². The Morgan fingerprint density at radius 1 is 0.671 bits per heavy atom. The van der Waals surface area contributed by atoms with E-state index in [-0.39, 0.29) is 66.1 Å². The summed E-state index contributed by atoms with van der Waals surface area (Å²) in [6, 6.07) is 14.6. The van der Waals surface area contributed by atoms with Crippen molar-refractivity contribution in [3.05, 3.63) is 72.6 Å². The zero-order valence-corrected chi connectivity index (χ0v) is 44.1. The Balaban J connectivity index is 0.887. The topological polar surface area (TPSA) is 193 Å². The summed E-state index contributed by atoms with van der Waals surface area (Å²) in [5.74, 6) is 3.07. The fourth-order valence-corrected chi connectivity index (χ4v) is 12.3. The number of carbonyl (C=O) groups is 4. The maximum atomic E-state index is 14.8. The monoisotopic (exact) mass is 1000 g/mol. The lowest BCUT2D eigenvalue weighted by Gasteiger charge is -2.40. The minimum absolute atomic E-state index is 0.0210. The summed E-state index contributed by atoms with van der Waals surface area (Å²) >= 11 is 0. The molecule has 3 saturated heterocycles. The third kappa shape index (κ3) is 12.8. The lowest BCUT2D eigenvalue weighted by atomic mass is 9.85. The molecule has 2 aliphatic carbocycles. The summed E-state index contributed by atoms with van der Waals surface area (Å²) < 4.78 is 22.1. The van der Waals surface area contributed by atoms with E-state index in [4.69, 9.17) is 28.9 Å². The molecule has 16 heteroatoms. The Morgan fingerprint density at radius 3 is 1.70 bits per heavy atom. The highest BCUT2D eigenvalue weighted by molar-refractivity contribution is 5.87. The average Bonchev–Trinajstić information content (AvgIpc) is 4.19. The number of carbonyl (C=O) groups excluding carboxylic acids is 4. The largest absolute Gasteiger partial charge is 0.453 e. The number of hydrogen-bond donors (Lipinski definition) is 4. The predicted molar refractivity (Wildman–Crippen MR) is 278 cm³/mol. The summed E-state index contributed by atoms with van der Waals surface area (Å²) in [7, 11) is 2.66. The molecule has 4 amide bonds. The van der Waals surface area contributed by atoms with Crippen molar-refractivity contribution < 1.29 is 38.1 Å². The molecule has 2 aromatic carbocycles. The molecule has 0 radical (unpaired) electrons. The van der Waals surface area contributed by atoms with Crippen LogP contribution in [0.1, 0.15) is 136 Å². The number of nitrogens with one attached hydrogen (secondary N) is 4. The summed E-state index contributed by atoms with van der Waals surface area (Å²) in [5, 5.41) is 5.85. The van der Waals surface area contributed by atoms with E-state index in [9.17, 15) is 19.2 Å². The highest BCUT2D eigenvalue weighted by Gasteiger charge is 2.46. The van der Waals surface area contributed by atoms with Crippen molar-refractivity contribution >= 4 is 24.0 Å². The van der Waals surface area contributed by atoms with Crippen molar-refractivity contribution in [1.82, 2.24) is 40.4 Å². The second-order valence-corrected chi connectivity index (χ2v) is 22.4. The van der Waals surface area contributed by atoms with E-state index < -0.39 is 24.3 Å². The SMILES string of the molecule is COC(=O)N[C@H](C(=O)N(C[C@@H](C)CC1CC1)[C@@H](C)c1nc(-c2ccc(-c3ccc(-c4c[nH]c([C@@H]5C[C@@H](CC6CC6)CN5C(=O)[C@@H](NC(=O)OC)C5C[C@@H](C)O[C@H](C)C5)n4)cc3)cc2)c[nH]1)C1C[C@@H](C)O[C@H](C)C1. The Bertz CT molecular complexity index is 2500. The quantitative estimate of drug-likeness (QED) is 0.0746. The number of aromatic amines is 2. The number of alkyl carbamates (subject to hydrolysis) is 2. The van der Waals surface area contributed by atoms with E-state index in [2.05, 4.69) is 76.1 Å². The van der Waals surface area contributed by atoms with Crippen LogP contribution >= 0.6 is 0 Å². The molecule has 4 aromatic rings. The highest BCUT2D eigenvalue weighted by atomic mass is 16.5. The van der Waals surface area contributed by atoms with Crippen molar-refractivity contribution in [1.29, 1.82) is 0 Å². The number of aromatic nitrogens is 4. The third-order valence-electron chi connectivity index (χ3n) is 16.2. The van der Waals surface area contributed by atoms with Gasteiger partial charge in [0.05, 0.1) is 62.1 Å². The number of ether oxygens (including phenoxy) is 4.